The van der Waals surface area contributed by atoms with Crippen molar-refractivity contribution in [1.82, 2.24) is 4.57 Å². The van der Waals surface area contributed by atoms with Crippen molar-refractivity contribution in [3.8, 4) is 27.9 Å². The van der Waals surface area contributed by atoms with Crippen LogP contribution in [0.5, 0.6) is 0 Å². The molecule has 0 saturated carbocycles. The molecule has 1 aromatic heterocycles. The van der Waals surface area contributed by atoms with Gasteiger partial charge in [-0.2, -0.15) is 0 Å². The second-order valence-corrected chi connectivity index (χ2v) is 13.2. The molecule has 0 unspecified atom stereocenters. The van der Waals surface area contributed by atoms with Crippen LogP contribution in [0, 0.1) is 13.8 Å². The van der Waals surface area contributed by atoms with Crippen LogP contribution < -0.4 is 4.90 Å². The molecule has 48 heavy (non-hydrogen) atoms. The summed E-state index contributed by atoms with van der Waals surface area (Å²) in [7, 11) is 0. The zero-order chi connectivity index (χ0) is 31.9. The van der Waals surface area contributed by atoms with Crippen LogP contribution in [0.3, 0.4) is 0 Å². The van der Waals surface area contributed by atoms with E-state index in [2.05, 4.69) is 181 Å². The van der Waals surface area contributed by atoms with Gasteiger partial charge in [0.2, 0.25) is 0 Å². The summed E-state index contributed by atoms with van der Waals surface area (Å²) < 4.78 is 2.40. The van der Waals surface area contributed by atoms with E-state index >= 15 is 0 Å². The summed E-state index contributed by atoms with van der Waals surface area (Å²) in [5.41, 5.74) is 15.0. The van der Waals surface area contributed by atoms with Crippen LogP contribution >= 0.6 is 0 Å². The van der Waals surface area contributed by atoms with Crippen molar-refractivity contribution in [2.24, 2.45) is 0 Å². The highest BCUT2D eigenvalue weighted by Crippen LogP contribution is 2.51. The Balaban J connectivity index is 1.07. The van der Waals surface area contributed by atoms with Crippen LogP contribution in [-0.4, -0.2) is 4.57 Å². The fraction of sp³-hybridized carbons (Fsp3) is 0.0435. The Morgan fingerprint density at radius 1 is 0.417 bits per heavy atom. The Morgan fingerprint density at radius 3 is 1.58 bits per heavy atom. The lowest BCUT2D eigenvalue weighted by Gasteiger charge is -2.28. The van der Waals surface area contributed by atoms with E-state index in [0.717, 1.165) is 11.4 Å². The number of nitrogens with zero attached hydrogens (tertiary/aromatic N) is 2. The van der Waals surface area contributed by atoms with Crippen LogP contribution in [0.4, 0.5) is 17.1 Å². The minimum atomic E-state index is 1.16. The highest BCUT2D eigenvalue weighted by atomic mass is 15.1. The number of fused-ring (bicyclic) bond motifs is 9. The minimum absolute atomic E-state index is 1.16. The molecule has 0 radical (unpaired) electrons. The molecule has 9 aromatic rings. The Morgan fingerprint density at radius 2 is 0.938 bits per heavy atom. The number of para-hydroxylation sites is 3. The third-order valence-corrected chi connectivity index (χ3v) is 10.2. The first-order chi connectivity index (χ1) is 23.6. The summed E-state index contributed by atoms with van der Waals surface area (Å²) in [6.45, 7) is 4.33. The number of aromatic nitrogens is 1. The van der Waals surface area contributed by atoms with Gasteiger partial charge in [-0.25, -0.2) is 0 Å². The maximum Gasteiger partial charge on any atom is 0.0541 e. The maximum absolute atomic E-state index is 2.40. The van der Waals surface area contributed by atoms with E-state index < -0.39 is 0 Å². The van der Waals surface area contributed by atoms with E-state index in [9.17, 15) is 0 Å². The van der Waals surface area contributed by atoms with Gasteiger partial charge in [-0.3, -0.25) is 0 Å². The van der Waals surface area contributed by atoms with Crippen molar-refractivity contribution in [2.45, 2.75) is 13.8 Å². The third kappa shape index (κ3) is 3.99. The zero-order valence-electron chi connectivity index (χ0n) is 26.9. The summed E-state index contributed by atoms with van der Waals surface area (Å²) in [6, 6.07) is 58.2. The highest BCUT2D eigenvalue weighted by Gasteiger charge is 2.25. The normalized spacial score (nSPS) is 12.0. The second-order valence-electron chi connectivity index (χ2n) is 13.2. The molecule has 0 amide bonds. The molecule has 0 N–H and O–H groups in total. The number of rotatable bonds is 4. The second kappa shape index (κ2) is 10.2. The Bertz CT molecular complexity index is 2690. The van der Waals surface area contributed by atoms with E-state index in [0.29, 0.717) is 0 Å². The number of hydrogen-bond acceptors (Lipinski definition) is 1. The molecule has 2 heteroatoms. The first-order valence-electron chi connectivity index (χ1n) is 16.7. The lowest BCUT2D eigenvalue weighted by molar-refractivity contribution is 1.19. The van der Waals surface area contributed by atoms with E-state index in [1.165, 1.54) is 88.1 Å². The van der Waals surface area contributed by atoms with Crippen molar-refractivity contribution >= 4 is 60.4 Å². The average molecular weight is 613 g/mol. The molecule has 10 rings (SSSR count). The first kappa shape index (κ1) is 27.0. The third-order valence-electron chi connectivity index (χ3n) is 10.2. The van der Waals surface area contributed by atoms with Crippen LogP contribution in [0.2, 0.25) is 0 Å². The standard InChI is InChI=1S/C46H32N2/c1-29-15-19-35(20-16-29)47(44-12-6-3-9-30(44)2)36-21-17-31-25-40-42(27-33(31)23-36)41-26-32-18-22-37(24-34(32)28-43(40)41)48-45-13-7-4-10-38(45)39-11-5-8-14-46(39)48/h3-28H,1-2H3. The maximum atomic E-state index is 2.40. The number of anilines is 3. The molecule has 0 spiro atoms. The Labute approximate surface area is 279 Å². The summed E-state index contributed by atoms with van der Waals surface area (Å²) in [5.74, 6) is 0. The van der Waals surface area contributed by atoms with Crippen LogP contribution in [0.15, 0.2) is 158 Å². The fourth-order valence-electron chi connectivity index (χ4n) is 7.81. The van der Waals surface area contributed by atoms with Crippen molar-refractivity contribution < 1.29 is 0 Å². The molecule has 0 atom stereocenters. The molecule has 0 fully saturated rings. The van der Waals surface area contributed by atoms with Gasteiger partial charge < -0.3 is 9.47 Å². The van der Waals surface area contributed by atoms with Gasteiger partial charge in [-0.15, -0.1) is 0 Å². The number of benzene rings is 8. The molecule has 226 valence electrons. The minimum Gasteiger partial charge on any atom is -0.310 e. The SMILES string of the molecule is Cc1ccc(N(c2ccc3cc4c(cc3c2)-c2cc3ccc(-n5c6ccccc6c6ccccc65)cc3cc2-4)c2ccccc2C)cc1. The van der Waals surface area contributed by atoms with Crippen molar-refractivity contribution in [3.05, 3.63) is 169 Å². The lowest BCUT2D eigenvalue weighted by atomic mass is 9.78. The molecule has 2 nitrogen and oxygen atoms in total. The van der Waals surface area contributed by atoms with E-state index in [1.54, 1.807) is 0 Å². The van der Waals surface area contributed by atoms with E-state index in [4.69, 9.17) is 0 Å². The molecule has 8 aromatic carbocycles. The number of hydrogen-bond donors (Lipinski definition) is 0. The molecule has 1 heterocycles. The predicted octanol–water partition coefficient (Wildman–Crippen LogP) is 12.8. The smallest absolute Gasteiger partial charge is 0.0541 e. The van der Waals surface area contributed by atoms with Gasteiger partial charge >= 0.3 is 0 Å². The van der Waals surface area contributed by atoms with Gasteiger partial charge in [0.15, 0.2) is 0 Å². The van der Waals surface area contributed by atoms with Crippen molar-refractivity contribution in [1.29, 1.82) is 0 Å². The van der Waals surface area contributed by atoms with E-state index in [1.807, 2.05) is 0 Å². The summed E-state index contributed by atoms with van der Waals surface area (Å²) in [4.78, 5) is 2.38. The fourth-order valence-corrected chi connectivity index (χ4v) is 7.81. The van der Waals surface area contributed by atoms with Gasteiger partial charge in [0.25, 0.3) is 0 Å². The van der Waals surface area contributed by atoms with Gasteiger partial charge in [-0.1, -0.05) is 84.4 Å². The molecule has 1 aliphatic rings. The number of aryl methyl sites for hydroxylation is 2. The average Bonchev–Trinajstić information content (AvgIpc) is 3.46. The first-order valence-corrected chi connectivity index (χ1v) is 16.7. The summed E-state index contributed by atoms with van der Waals surface area (Å²) in [5, 5.41) is 7.62. The topological polar surface area (TPSA) is 8.17 Å². The Kier molecular flexibility index (Phi) is 5.74. The largest absolute Gasteiger partial charge is 0.310 e. The van der Waals surface area contributed by atoms with Gasteiger partial charge in [-0.05, 0) is 142 Å². The Hall–Kier alpha value is -6.12. The van der Waals surface area contributed by atoms with Gasteiger partial charge in [0, 0.05) is 33.5 Å². The van der Waals surface area contributed by atoms with Crippen molar-refractivity contribution in [2.75, 3.05) is 4.90 Å². The molecule has 0 aliphatic heterocycles. The highest BCUT2D eigenvalue weighted by molar-refractivity contribution is 6.13. The summed E-state index contributed by atoms with van der Waals surface area (Å²) in [6.07, 6.45) is 0. The van der Waals surface area contributed by atoms with Crippen LogP contribution in [-0.2, 0) is 0 Å². The predicted molar refractivity (Wildman–Crippen MR) is 204 cm³/mol. The lowest BCUT2D eigenvalue weighted by Crippen LogP contribution is -2.11. The van der Waals surface area contributed by atoms with Gasteiger partial charge in [0.1, 0.15) is 0 Å². The molecule has 0 bridgehead atoms. The quantitative estimate of drug-likeness (QED) is 0.192. The van der Waals surface area contributed by atoms with Crippen molar-refractivity contribution in [3.63, 3.8) is 0 Å². The van der Waals surface area contributed by atoms with Crippen LogP contribution in [0.25, 0.3) is 71.3 Å². The van der Waals surface area contributed by atoms with E-state index in [-0.39, 0.29) is 0 Å². The van der Waals surface area contributed by atoms with Crippen LogP contribution in [0.1, 0.15) is 11.1 Å². The molecule has 0 saturated heterocycles. The summed E-state index contributed by atoms with van der Waals surface area (Å²) >= 11 is 0. The molecular formula is C46H32N2. The monoisotopic (exact) mass is 612 g/mol. The zero-order valence-corrected chi connectivity index (χ0v) is 26.9. The molecule has 1 aliphatic carbocycles. The molecular weight excluding hydrogens is 581 g/mol. The van der Waals surface area contributed by atoms with Gasteiger partial charge in [0.05, 0.1) is 11.0 Å².